The average molecular weight is 358 g/mol. The van der Waals surface area contributed by atoms with Gasteiger partial charge in [0.25, 0.3) is 0 Å². The Balaban J connectivity index is 1.49. The second-order valence-corrected chi connectivity index (χ2v) is 7.06. The van der Waals surface area contributed by atoms with E-state index in [1.165, 1.54) is 0 Å². The molecule has 0 amide bonds. The molecule has 3 rings (SSSR count). The Bertz CT molecular complexity index is 702. The van der Waals surface area contributed by atoms with Crippen LogP contribution in [0.25, 0.3) is 0 Å². The summed E-state index contributed by atoms with van der Waals surface area (Å²) in [7, 11) is 0. The van der Waals surface area contributed by atoms with Crippen molar-refractivity contribution in [3.8, 4) is 11.5 Å². The normalized spacial score (nSPS) is 14.4. The summed E-state index contributed by atoms with van der Waals surface area (Å²) < 4.78 is 16.7. The molecular formula is C20H22O4S. The molecule has 1 atom stereocenters. The third-order valence-corrected chi connectivity index (χ3v) is 5.10. The van der Waals surface area contributed by atoms with Crippen molar-refractivity contribution in [2.24, 2.45) is 5.92 Å². The minimum atomic E-state index is -0.176. The van der Waals surface area contributed by atoms with E-state index in [9.17, 15) is 4.79 Å². The number of hydrogen-bond acceptors (Lipinski definition) is 5. The fraction of sp³-hybridized carbons (Fsp3) is 0.350. The molecule has 5 heteroatoms. The number of hydrogen-bond donors (Lipinski definition) is 0. The zero-order valence-corrected chi connectivity index (χ0v) is 15.1. The second-order valence-electron chi connectivity index (χ2n) is 5.96. The van der Waals surface area contributed by atoms with Gasteiger partial charge in [0.15, 0.2) is 11.5 Å². The predicted octanol–water partition coefficient (Wildman–Crippen LogP) is 4.32. The van der Waals surface area contributed by atoms with Crippen molar-refractivity contribution in [1.29, 1.82) is 0 Å². The molecule has 0 saturated heterocycles. The van der Waals surface area contributed by atoms with E-state index < -0.39 is 0 Å². The van der Waals surface area contributed by atoms with E-state index in [0.29, 0.717) is 25.6 Å². The molecule has 1 aliphatic heterocycles. The van der Waals surface area contributed by atoms with Crippen LogP contribution >= 0.6 is 11.8 Å². The lowest BCUT2D eigenvalue weighted by molar-refractivity contribution is -0.148. The molecule has 0 fully saturated rings. The maximum Gasteiger partial charge on any atom is 0.309 e. The highest BCUT2D eigenvalue weighted by atomic mass is 32.2. The first-order chi connectivity index (χ1) is 12.2. The van der Waals surface area contributed by atoms with Crippen LogP contribution in [0.5, 0.6) is 11.5 Å². The van der Waals surface area contributed by atoms with E-state index in [1.807, 2.05) is 55.5 Å². The maximum absolute atomic E-state index is 12.1. The maximum atomic E-state index is 12.1. The van der Waals surface area contributed by atoms with E-state index in [1.54, 1.807) is 11.8 Å². The van der Waals surface area contributed by atoms with Gasteiger partial charge < -0.3 is 14.2 Å². The number of carbonyl (C=O) groups excluding carboxylic acids is 1. The number of fused-ring (bicyclic) bond motifs is 1. The average Bonchev–Trinajstić information content (AvgIpc) is 2.89. The van der Waals surface area contributed by atoms with Gasteiger partial charge in [0.05, 0.1) is 19.1 Å². The lowest BCUT2D eigenvalue weighted by Crippen LogP contribution is -2.16. The standard InChI is InChI=1S/C20H22O4S/c1-15(20(21)24-13-16-6-3-2-4-7-16)14-25-17-8-9-18-19(12-17)23-11-5-10-22-18/h2-4,6-9,12,15H,5,10-11,13-14H2,1H3. The van der Waals surface area contributed by atoms with Gasteiger partial charge in [-0.05, 0) is 23.8 Å². The van der Waals surface area contributed by atoms with Crippen molar-refractivity contribution in [1.82, 2.24) is 0 Å². The molecule has 2 aromatic carbocycles. The van der Waals surface area contributed by atoms with E-state index in [-0.39, 0.29) is 11.9 Å². The van der Waals surface area contributed by atoms with Crippen molar-refractivity contribution >= 4 is 17.7 Å². The van der Waals surface area contributed by atoms with Gasteiger partial charge >= 0.3 is 5.97 Å². The quantitative estimate of drug-likeness (QED) is 0.568. The third kappa shape index (κ3) is 5.16. The first kappa shape index (κ1) is 17.7. The smallest absolute Gasteiger partial charge is 0.309 e. The summed E-state index contributed by atoms with van der Waals surface area (Å²) in [6, 6.07) is 15.6. The van der Waals surface area contributed by atoms with Gasteiger partial charge in [-0.3, -0.25) is 4.79 Å². The number of rotatable bonds is 6. The van der Waals surface area contributed by atoms with Gasteiger partial charge in [0, 0.05) is 17.1 Å². The zero-order chi connectivity index (χ0) is 17.5. The van der Waals surface area contributed by atoms with Gasteiger partial charge in [-0.2, -0.15) is 0 Å². The van der Waals surface area contributed by atoms with Crippen LogP contribution in [0.1, 0.15) is 18.9 Å². The zero-order valence-electron chi connectivity index (χ0n) is 14.3. The van der Waals surface area contributed by atoms with Crippen LogP contribution in [0.3, 0.4) is 0 Å². The van der Waals surface area contributed by atoms with Crippen molar-refractivity contribution in [3.05, 3.63) is 54.1 Å². The number of benzene rings is 2. The Morgan fingerprint density at radius 2 is 1.88 bits per heavy atom. The summed E-state index contributed by atoms with van der Waals surface area (Å²) in [6.45, 7) is 3.56. The monoisotopic (exact) mass is 358 g/mol. The number of carbonyl (C=O) groups is 1. The van der Waals surface area contributed by atoms with E-state index in [4.69, 9.17) is 14.2 Å². The van der Waals surface area contributed by atoms with Crippen LogP contribution in [0.15, 0.2) is 53.4 Å². The summed E-state index contributed by atoms with van der Waals surface area (Å²) in [5.41, 5.74) is 0.999. The molecule has 0 aromatic heterocycles. The van der Waals surface area contributed by atoms with Gasteiger partial charge in [-0.25, -0.2) is 0 Å². The minimum Gasteiger partial charge on any atom is -0.490 e. The van der Waals surface area contributed by atoms with Crippen LogP contribution < -0.4 is 9.47 Å². The summed E-state index contributed by atoms with van der Waals surface area (Å²) in [6.07, 6.45) is 0.890. The molecule has 0 saturated carbocycles. The van der Waals surface area contributed by atoms with Crippen molar-refractivity contribution in [2.75, 3.05) is 19.0 Å². The first-order valence-corrected chi connectivity index (χ1v) is 9.44. The van der Waals surface area contributed by atoms with Crippen LogP contribution in [0, 0.1) is 5.92 Å². The highest BCUT2D eigenvalue weighted by molar-refractivity contribution is 7.99. The highest BCUT2D eigenvalue weighted by Gasteiger charge is 2.16. The lowest BCUT2D eigenvalue weighted by atomic mass is 10.2. The minimum absolute atomic E-state index is 0.175. The molecule has 0 radical (unpaired) electrons. The van der Waals surface area contributed by atoms with Crippen LogP contribution in [-0.4, -0.2) is 24.9 Å². The van der Waals surface area contributed by atoms with Crippen molar-refractivity contribution in [2.45, 2.75) is 24.8 Å². The summed E-state index contributed by atoms with van der Waals surface area (Å²) in [4.78, 5) is 13.2. The topological polar surface area (TPSA) is 44.8 Å². The number of thioether (sulfide) groups is 1. The molecule has 25 heavy (non-hydrogen) atoms. The van der Waals surface area contributed by atoms with Gasteiger partial charge in [-0.1, -0.05) is 37.3 Å². The molecule has 1 unspecified atom stereocenters. The van der Waals surface area contributed by atoms with Gasteiger partial charge in [-0.15, -0.1) is 11.8 Å². The van der Waals surface area contributed by atoms with E-state index in [0.717, 1.165) is 28.4 Å². The second kappa shape index (κ2) is 8.81. The SMILES string of the molecule is CC(CSc1ccc2c(c1)OCCCO2)C(=O)OCc1ccccc1. The van der Waals surface area contributed by atoms with E-state index in [2.05, 4.69) is 0 Å². The Kier molecular flexibility index (Phi) is 6.23. The Morgan fingerprint density at radius 3 is 2.68 bits per heavy atom. The molecular weight excluding hydrogens is 336 g/mol. The fourth-order valence-electron chi connectivity index (χ4n) is 2.39. The Hall–Kier alpha value is -2.14. The van der Waals surface area contributed by atoms with E-state index >= 15 is 0 Å². The predicted molar refractivity (Wildman–Crippen MR) is 98.2 cm³/mol. The van der Waals surface area contributed by atoms with Crippen LogP contribution in [0.2, 0.25) is 0 Å². The molecule has 1 aliphatic rings. The fourth-order valence-corrected chi connectivity index (χ4v) is 3.33. The lowest BCUT2D eigenvalue weighted by Gasteiger charge is -2.12. The molecule has 0 aliphatic carbocycles. The van der Waals surface area contributed by atoms with Gasteiger partial charge in [0.2, 0.25) is 0 Å². The first-order valence-electron chi connectivity index (χ1n) is 8.45. The largest absolute Gasteiger partial charge is 0.490 e. The molecule has 1 heterocycles. The summed E-state index contributed by atoms with van der Waals surface area (Å²) in [5, 5.41) is 0. The molecule has 132 valence electrons. The molecule has 0 spiro atoms. The molecule has 0 bridgehead atoms. The molecule has 4 nitrogen and oxygen atoms in total. The Morgan fingerprint density at radius 1 is 1.12 bits per heavy atom. The molecule has 0 N–H and O–H groups in total. The number of ether oxygens (including phenoxy) is 3. The molecule has 2 aromatic rings. The highest BCUT2D eigenvalue weighted by Crippen LogP contribution is 2.34. The van der Waals surface area contributed by atoms with Crippen LogP contribution in [-0.2, 0) is 16.1 Å². The van der Waals surface area contributed by atoms with Crippen molar-refractivity contribution in [3.63, 3.8) is 0 Å². The van der Waals surface area contributed by atoms with Crippen LogP contribution in [0.4, 0.5) is 0 Å². The van der Waals surface area contributed by atoms with Crippen molar-refractivity contribution < 1.29 is 19.0 Å². The summed E-state index contributed by atoms with van der Waals surface area (Å²) >= 11 is 1.62. The summed E-state index contributed by atoms with van der Waals surface area (Å²) in [5.74, 6) is 1.88. The van der Waals surface area contributed by atoms with Gasteiger partial charge in [0.1, 0.15) is 6.61 Å². The third-order valence-electron chi connectivity index (χ3n) is 3.85. The Labute approximate surface area is 152 Å². The number of esters is 1.